The van der Waals surface area contributed by atoms with Crippen molar-refractivity contribution in [3.05, 3.63) is 24.6 Å². The van der Waals surface area contributed by atoms with E-state index in [0.717, 1.165) is 17.6 Å². The Hall–Kier alpha value is -0.800. The van der Waals surface area contributed by atoms with Gasteiger partial charge in [-0.05, 0) is 33.1 Å². The van der Waals surface area contributed by atoms with Crippen molar-refractivity contribution < 1.29 is 9.59 Å². The Morgan fingerprint density at radius 1 is 1.09 bits per heavy atom. The number of quaternary nitrogens is 1. The molecule has 0 spiro atoms. The summed E-state index contributed by atoms with van der Waals surface area (Å²) in [5.74, 6) is 0. The van der Waals surface area contributed by atoms with E-state index in [2.05, 4.69) is 43.7 Å². The minimum atomic E-state index is 0.267. The highest BCUT2D eigenvalue weighted by atomic mass is 16.3. The molecule has 1 heterocycles. The van der Waals surface area contributed by atoms with E-state index in [4.69, 9.17) is 0 Å². The number of nitrogens with one attached hydrogen (secondary N) is 1. The van der Waals surface area contributed by atoms with Crippen LogP contribution in [0.3, 0.4) is 0 Å². The summed E-state index contributed by atoms with van der Waals surface area (Å²) in [6, 6.07) is 0. The van der Waals surface area contributed by atoms with Gasteiger partial charge in [-0.2, -0.15) is 0 Å². The molecule has 1 aliphatic rings. The van der Waals surface area contributed by atoms with Crippen LogP contribution in [-0.2, 0) is 0 Å². The molecule has 0 aromatic carbocycles. The van der Waals surface area contributed by atoms with E-state index in [0.29, 0.717) is 6.17 Å². The van der Waals surface area contributed by atoms with Gasteiger partial charge in [0.25, 0.3) is 0 Å². The smallest absolute Gasteiger partial charge is 0.166 e. The molecule has 0 aliphatic carbocycles. The lowest BCUT2D eigenvalue weighted by atomic mass is 10.1. The SMILES string of the molecule is C/C=C/CCCCCCCCCC1NC=C[N+]1(CC)CCO. The lowest BCUT2D eigenvalue weighted by Gasteiger charge is -2.36. The lowest BCUT2D eigenvalue weighted by Crippen LogP contribution is -2.54. The Bertz CT molecular complexity index is 327. The van der Waals surface area contributed by atoms with E-state index < -0.39 is 0 Å². The summed E-state index contributed by atoms with van der Waals surface area (Å²) in [6.07, 6.45) is 21.2. The molecule has 0 aromatic heterocycles. The first-order valence-electron chi connectivity index (χ1n) is 9.31. The van der Waals surface area contributed by atoms with Gasteiger partial charge in [0.2, 0.25) is 0 Å². The first-order chi connectivity index (χ1) is 10.8. The highest BCUT2D eigenvalue weighted by Crippen LogP contribution is 2.22. The molecule has 0 bridgehead atoms. The molecule has 3 heteroatoms. The second kappa shape index (κ2) is 11.7. The van der Waals surface area contributed by atoms with Crippen LogP contribution in [0.5, 0.6) is 0 Å². The van der Waals surface area contributed by atoms with Gasteiger partial charge in [0.15, 0.2) is 6.17 Å². The fraction of sp³-hybridized carbons (Fsp3) is 0.789. The molecule has 0 saturated carbocycles. The largest absolute Gasteiger partial charge is 0.390 e. The van der Waals surface area contributed by atoms with E-state index in [1.54, 1.807) is 0 Å². The minimum Gasteiger partial charge on any atom is -0.390 e. The van der Waals surface area contributed by atoms with Gasteiger partial charge in [0.05, 0.1) is 19.4 Å². The standard InChI is InChI=1S/C19H37N2O/c1-3-5-6-7-8-9-10-11-12-13-14-19-20-15-16-21(19,4-2)17-18-22/h3,5,15-16,19-20,22H,4,6-14,17-18H2,1-2H3/q+1/b5-3+. The molecule has 2 N–H and O–H groups in total. The van der Waals surface area contributed by atoms with Gasteiger partial charge in [-0.3, -0.25) is 4.48 Å². The molecular weight excluding hydrogens is 272 g/mol. The monoisotopic (exact) mass is 309 g/mol. The Morgan fingerprint density at radius 2 is 1.77 bits per heavy atom. The van der Waals surface area contributed by atoms with Crippen molar-refractivity contribution >= 4 is 0 Å². The zero-order chi connectivity index (χ0) is 16.1. The van der Waals surface area contributed by atoms with E-state index in [1.165, 1.54) is 57.8 Å². The molecule has 2 unspecified atom stereocenters. The Labute approximate surface area is 137 Å². The summed E-state index contributed by atoms with van der Waals surface area (Å²) in [7, 11) is 0. The molecule has 0 fully saturated rings. The average Bonchev–Trinajstić information content (AvgIpc) is 2.93. The molecule has 1 aliphatic heterocycles. The van der Waals surface area contributed by atoms with E-state index in [-0.39, 0.29) is 6.61 Å². The van der Waals surface area contributed by atoms with Gasteiger partial charge >= 0.3 is 0 Å². The summed E-state index contributed by atoms with van der Waals surface area (Å²) in [5, 5.41) is 12.8. The molecular formula is C19H37N2O+. The van der Waals surface area contributed by atoms with E-state index in [1.807, 2.05) is 0 Å². The van der Waals surface area contributed by atoms with Crippen molar-refractivity contribution in [2.45, 2.75) is 77.8 Å². The maximum Gasteiger partial charge on any atom is 0.166 e. The minimum absolute atomic E-state index is 0.267. The zero-order valence-electron chi connectivity index (χ0n) is 14.8. The summed E-state index contributed by atoms with van der Waals surface area (Å²) < 4.78 is 0.904. The van der Waals surface area contributed by atoms with Gasteiger partial charge in [-0.25, -0.2) is 0 Å². The van der Waals surface area contributed by atoms with E-state index >= 15 is 0 Å². The number of aliphatic hydroxyl groups is 1. The van der Waals surface area contributed by atoms with Crippen LogP contribution in [0.1, 0.15) is 71.6 Å². The quantitative estimate of drug-likeness (QED) is 0.302. The number of likely N-dealkylation sites (N-methyl/N-ethyl adjacent to an activating group) is 1. The fourth-order valence-corrected chi connectivity index (χ4v) is 3.45. The molecule has 0 aromatic rings. The number of aliphatic hydroxyl groups excluding tert-OH is 1. The van der Waals surface area contributed by atoms with Crippen LogP contribution in [0.4, 0.5) is 0 Å². The van der Waals surface area contributed by atoms with Crippen molar-refractivity contribution in [1.29, 1.82) is 0 Å². The van der Waals surface area contributed by atoms with Crippen molar-refractivity contribution in [3.8, 4) is 0 Å². The number of nitrogens with zero attached hydrogens (tertiary/aromatic N) is 1. The third-order valence-electron chi connectivity index (χ3n) is 4.97. The zero-order valence-corrected chi connectivity index (χ0v) is 14.8. The normalized spacial score (nSPS) is 24.2. The molecule has 0 saturated heterocycles. The Morgan fingerprint density at radius 3 is 2.41 bits per heavy atom. The first kappa shape index (κ1) is 19.2. The highest BCUT2D eigenvalue weighted by Gasteiger charge is 2.35. The summed E-state index contributed by atoms with van der Waals surface area (Å²) >= 11 is 0. The number of rotatable bonds is 13. The number of hydrogen-bond donors (Lipinski definition) is 2. The average molecular weight is 310 g/mol. The van der Waals surface area contributed by atoms with Gasteiger partial charge in [-0.15, -0.1) is 0 Å². The lowest BCUT2D eigenvalue weighted by molar-refractivity contribution is -0.900. The van der Waals surface area contributed by atoms with Crippen LogP contribution in [-0.4, -0.2) is 35.5 Å². The highest BCUT2D eigenvalue weighted by molar-refractivity contribution is 4.84. The van der Waals surface area contributed by atoms with Gasteiger partial charge in [0, 0.05) is 6.42 Å². The first-order valence-corrected chi connectivity index (χ1v) is 9.31. The third-order valence-corrected chi connectivity index (χ3v) is 4.97. The molecule has 3 nitrogen and oxygen atoms in total. The van der Waals surface area contributed by atoms with Crippen molar-refractivity contribution in [3.63, 3.8) is 0 Å². The van der Waals surface area contributed by atoms with Crippen LogP contribution >= 0.6 is 0 Å². The third kappa shape index (κ3) is 6.53. The van der Waals surface area contributed by atoms with Crippen LogP contribution in [0.2, 0.25) is 0 Å². The molecule has 2 atom stereocenters. The second-order valence-corrected chi connectivity index (χ2v) is 6.49. The topological polar surface area (TPSA) is 32.3 Å². The summed E-state index contributed by atoms with van der Waals surface area (Å²) in [5.41, 5.74) is 0. The van der Waals surface area contributed by atoms with Crippen LogP contribution < -0.4 is 5.32 Å². The van der Waals surface area contributed by atoms with Gasteiger partial charge in [0.1, 0.15) is 12.7 Å². The molecule has 0 radical (unpaired) electrons. The molecule has 0 amide bonds. The van der Waals surface area contributed by atoms with Gasteiger partial charge in [-0.1, -0.05) is 44.3 Å². The van der Waals surface area contributed by atoms with Crippen LogP contribution in [0.25, 0.3) is 0 Å². The maximum atomic E-state index is 9.31. The van der Waals surface area contributed by atoms with Crippen LogP contribution in [0, 0.1) is 0 Å². The molecule has 22 heavy (non-hydrogen) atoms. The second-order valence-electron chi connectivity index (χ2n) is 6.49. The molecule has 1 rings (SSSR count). The van der Waals surface area contributed by atoms with Gasteiger partial charge < -0.3 is 10.4 Å². The van der Waals surface area contributed by atoms with Crippen molar-refractivity contribution in [2.75, 3.05) is 19.7 Å². The van der Waals surface area contributed by atoms with Crippen molar-refractivity contribution in [1.82, 2.24) is 5.32 Å². The van der Waals surface area contributed by atoms with Crippen LogP contribution in [0.15, 0.2) is 24.6 Å². The predicted octanol–water partition coefficient (Wildman–Crippen LogP) is 4.30. The van der Waals surface area contributed by atoms with E-state index in [9.17, 15) is 5.11 Å². The number of unbranched alkanes of at least 4 members (excludes halogenated alkanes) is 7. The summed E-state index contributed by atoms with van der Waals surface area (Å²) in [4.78, 5) is 0. The Balaban J connectivity index is 2.04. The molecule has 128 valence electrons. The maximum absolute atomic E-state index is 9.31. The number of allylic oxidation sites excluding steroid dienone is 2. The summed E-state index contributed by atoms with van der Waals surface area (Å²) in [6.45, 7) is 6.47. The number of hydrogen-bond acceptors (Lipinski definition) is 2. The van der Waals surface area contributed by atoms with Crippen molar-refractivity contribution in [2.24, 2.45) is 0 Å². The predicted molar refractivity (Wildman–Crippen MR) is 95.2 cm³/mol. The fourth-order valence-electron chi connectivity index (χ4n) is 3.45. The Kier molecular flexibility index (Phi) is 10.3.